The number of carbonyl (C=O) groups is 2. The molecule has 1 fully saturated rings. The van der Waals surface area contributed by atoms with Gasteiger partial charge in [0, 0.05) is 23.2 Å². The quantitative estimate of drug-likeness (QED) is 0.535. The van der Waals surface area contributed by atoms with E-state index in [4.69, 9.17) is 4.74 Å². The summed E-state index contributed by atoms with van der Waals surface area (Å²) in [5, 5.41) is 5.39. The Hall–Kier alpha value is -3.50. The topological polar surface area (TPSA) is 126 Å². The first-order chi connectivity index (χ1) is 14.8. The van der Waals surface area contributed by atoms with E-state index in [1.54, 1.807) is 12.1 Å². The Bertz CT molecular complexity index is 1260. The van der Waals surface area contributed by atoms with E-state index in [9.17, 15) is 18.0 Å². The summed E-state index contributed by atoms with van der Waals surface area (Å²) in [6.45, 7) is 2.10. The minimum atomic E-state index is -3.95. The number of urea groups is 1. The summed E-state index contributed by atoms with van der Waals surface area (Å²) in [6.07, 6.45) is 0. The van der Waals surface area contributed by atoms with Crippen molar-refractivity contribution in [2.75, 3.05) is 6.54 Å². The van der Waals surface area contributed by atoms with Crippen LogP contribution in [0.4, 0.5) is 4.79 Å². The zero-order valence-corrected chi connectivity index (χ0v) is 17.4. The summed E-state index contributed by atoms with van der Waals surface area (Å²) < 4.78 is 33.2. The van der Waals surface area contributed by atoms with Crippen LogP contribution in [0.25, 0.3) is 10.9 Å². The van der Waals surface area contributed by atoms with Gasteiger partial charge in [-0.15, -0.1) is 0 Å². The van der Waals surface area contributed by atoms with Crippen LogP contribution in [0.1, 0.15) is 11.3 Å². The molecule has 3 N–H and O–H groups in total. The summed E-state index contributed by atoms with van der Waals surface area (Å²) in [5.74, 6) is -0.202. The lowest BCUT2D eigenvalue weighted by molar-refractivity contribution is -0.122. The van der Waals surface area contributed by atoms with Crippen LogP contribution in [0.2, 0.25) is 0 Å². The molecule has 1 saturated heterocycles. The standard InChI is InChI=1S/C21H20N4O5S/c1-13-10-14(17-4-2-3-5-18(17)23-13)12-30-15-6-8-16(9-7-15)31(28,29)25-19-11-22-21(27)24-20(19)26/h2-10,19,25H,11-12H2,1H3,(H2,22,24,26,27). The zero-order chi connectivity index (χ0) is 22.0. The minimum absolute atomic E-state index is 0.0187. The number of fused-ring (bicyclic) bond motifs is 1. The Morgan fingerprint density at radius 1 is 1.13 bits per heavy atom. The van der Waals surface area contributed by atoms with Crippen LogP contribution in [-0.2, 0) is 21.4 Å². The maximum atomic E-state index is 12.6. The van der Waals surface area contributed by atoms with E-state index in [-0.39, 0.29) is 11.4 Å². The van der Waals surface area contributed by atoms with Crippen molar-refractivity contribution in [1.82, 2.24) is 20.3 Å². The molecule has 0 bridgehead atoms. The van der Waals surface area contributed by atoms with Crippen LogP contribution < -0.4 is 20.1 Å². The number of ether oxygens (including phenoxy) is 1. The third kappa shape index (κ3) is 4.65. The fourth-order valence-corrected chi connectivity index (χ4v) is 4.47. The normalized spacial score (nSPS) is 16.6. The zero-order valence-electron chi connectivity index (χ0n) is 16.6. The SMILES string of the molecule is Cc1cc(COc2ccc(S(=O)(=O)NC3CNC(=O)NC3=O)cc2)c2ccccc2n1. The molecule has 2 heterocycles. The summed E-state index contributed by atoms with van der Waals surface area (Å²) in [7, 11) is -3.95. The van der Waals surface area contributed by atoms with Gasteiger partial charge >= 0.3 is 6.03 Å². The predicted octanol–water partition coefficient (Wildman–Crippen LogP) is 1.61. The van der Waals surface area contributed by atoms with Gasteiger partial charge in [0.1, 0.15) is 18.4 Å². The molecule has 3 aromatic rings. The van der Waals surface area contributed by atoms with Gasteiger partial charge in [0.05, 0.1) is 10.4 Å². The van der Waals surface area contributed by atoms with E-state index in [2.05, 4.69) is 15.0 Å². The minimum Gasteiger partial charge on any atom is -0.489 e. The molecule has 1 unspecified atom stereocenters. The Kier molecular flexibility index (Phi) is 5.57. The fourth-order valence-electron chi connectivity index (χ4n) is 3.27. The maximum Gasteiger partial charge on any atom is 0.321 e. The van der Waals surface area contributed by atoms with Crippen molar-refractivity contribution in [2.24, 2.45) is 0 Å². The first-order valence-corrected chi connectivity index (χ1v) is 11.0. The van der Waals surface area contributed by atoms with Crippen LogP contribution >= 0.6 is 0 Å². The molecular weight excluding hydrogens is 420 g/mol. The summed E-state index contributed by atoms with van der Waals surface area (Å²) in [6, 6.07) is 13.9. The number of imide groups is 1. The van der Waals surface area contributed by atoms with E-state index < -0.39 is 28.0 Å². The molecule has 3 amide bonds. The molecule has 0 radical (unpaired) electrons. The largest absolute Gasteiger partial charge is 0.489 e. The van der Waals surface area contributed by atoms with Gasteiger partial charge in [0.25, 0.3) is 0 Å². The molecule has 4 rings (SSSR count). The van der Waals surface area contributed by atoms with Gasteiger partial charge in [0.2, 0.25) is 15.9 Å². The molecule has 9 nitrogen and oxygen atoms in total. The first kappa shape index (κ1) is 20.8. The molecule has 0 saturated carbocycles. The number of rotatable bonds is 6. The van der Waals surface area contributed by atoms with Crippen LogP contribution in [0.3, 0.4) is 0 Å². The molecule has 2 aromatic carbocycles. The van der Waals surface area contributed by atoms with Gasteiger partial charge in [-0.25, -0.2) is 13.2 Å². The number of benzene rings is 2. The molecule has 0 spiro atoms. The molecule has 1 aliphatic rings. The van der Waals surface area contributed by atoms with Crippen LogP contribution in [0.5, 0.6) is 5.75 Å². The molecule has 1 aliphatic heterocycles. The number of sulfonamides is 1. The average molecular weight is 440 g/mol. The highest BCUT2D eigenvalue weighted by molar-refractivity contribution is 7.89. The number of hydrogen-bond acceptors (Lipinski definition) is 6. The molecule has 1 atom stereocenters. The Morgan fingerprint density at radius 3 is 2.61 bits per heavy atom. The van der Waals surface area contributed by atoms with E-state index in [1.807, 2.05) is 42.6 Å². The number of aryl methyl sites for hydroxylation is 1. The lowest BCUT2D eigenvalue weighted by atomic mass is 10.1. The third-order valence-corrected chi connectivity index (χ3v) is 6.26. The second-order valence-electron chi connectivity index (χ2n) is 7.07. The number of nitrogens with one attached hydrogen (secondary N) is 3. The van der Waals surface area contributed by atoms with Crippen molar-refractivity contribution in [3.63, 3.8) is 0 Å². The predicted molar refractivity (Wildman–Crippen MR) is 113 cm³/mol. The summed E-state index contributed by atoms with van der Waals surface area (Å²) in [4.78, 5) is 27.4. The van der Waals surface area contributed by atoms with Gasteiger partial charge in [-0.3, -0.25) is 15.1 Å². The maximum absolute atomic E-state index is 12.6. The highest BCUT2D eigenvalue weighted by atomic mass is 32.2. The van der Waals surface area contributed by atoms with Crippen molar-refractivity contribution >= 4 is 32.9 Å². The lowest BCUT2D eigenvalue weighted by Gasteiger charge is -2.22. The van der Waals surface area contributed by atoms with Crippen molar-refractivity contribution in [1.29, 1.82) is 0 Å². The van der Waals surface area contributed by atoms with Gasteiger partial charge < -0.3 is 10.1 Å². The highest BCUT2D eigenvalue weighted by Crippen LogP contribution is 2.22. The monoisotopic (exact) mass is 440 g/mol. The van der Waals surface area contributed by atoms with Gasteiger partial charge in [-0.1, -0.05) is 18.2 Å². The van der Waals surface area contributed by atoms with Crippen LogP contribution in [0, 0.1) is 6.92 Å². The van der Waals surface area contributed by atoms with Crippen LogP contribution in [0.15, 0.2) is 59.5 Å². The number of amides is 3. The van der Waals surface area contributed by atoms with E-state index in [1.165, 1.54) is 12.1 Å². The summed E-state index contributed by atoms with van der Waals surface area (Å²) >= 11 is 0. The average Bonchev–Trinajstić information content (AvgIpc) is 2.74. The van der Waals surface area contributed by atoms with Crippen molar-refractivity contribution in [3.05, 3.63) is 65.9 Å². The number of pyridine rings is 1. The van der Waals surface area contributed by atoms with Gasteiger partial charge in [-0.2, -0.15) is 4.72 Å². The smallest absolute Gasteiger partial charge is 0.321 e. The lowest BCUT2D eigenvalue weighted by Crippen LogP contribution is -2.60. The van der Waals surface area contributed by atoms with E-state index >= 15 is 0 Å². The molecule has 0 aliphatic carbocycles. The Morgan fingerprint density at radius 2 is 1.87 bits per heavy atom. The van der Waals surface area contributed by atoms with Crippen molar-refractivity contribution < 1.29 is 22.7 Å². The highest BCUT2D eigenvalue weighted by Gasteiger charge is 2.30. The molecular formula is C21H20N4O5S. The number of carbonyl (C=O) groups excluding carboxylic acids is 2. The second-order valence-corrected chi connectivity index (χ2v) is 8.79. The van der Waals surface area contributed by atoms with Crippen molar-refractivity contribution in [2.45, 2.75) is 24.5 Å². The van der Waals surface area contributed by atoms with E-state index in [0.29, 0.717) is 12.4 Å². The molecule has 31 heavy (non-hydrogen) atoms. The second kappa shape index (κ2) is 8.32. The molecule has 1 aromatic heterocycles. The third-order valence-electron chi connectivity index (χ3n) is 4.78. The number of para-hydroxylation sites is 1. The Balaban J connectivity index is 1.45. The molecule has 10 heteroatoms. The van der Waals surface area contributed by atoms with Crippen LogP contribution in [-0.4, -0.2) is 37.9 Å². The number of nitrogens with zero attached hydrogens (tertiary/aromatic N) is 1. The van der Waals surface area contributed by atoms with Gasteiger partial charge in [-0.05, 0) is 43.3 Å². The van der Waals surface area contributed by atoms with E-state index in [0.717, 1.165) is 22.2 Å². The fraction of sp³-hybridized carbons (Fsp3) is 0.190. The summed E-state index contributed by atoms with van der Waals surface area (Å²) in [5.41, 5.74) is 2.75. The Labute approximate surface area is 178 Å². The first-order valence-electron chi connectivity index (χ1n) is 9.51. The molecule has 160 valence electrons. The number of aromatic nitrogens is 1. The number of hydrogen-bond donors (Lipinski definition) is 3. The van der Waals surface area contributed by atoms with Crippen molar-refractivity contribution in [3.8, 4) is 5.75 Å². The van der Waals surface area contributed by atoms with Gasteiger partial charge in [0.15, 0.2) is 0 Å².